The molecule has 3 N–H and O–H groups in total. The molecule has 4 heteroatoms. The second kappa shape index (κ2) is 5.16. The number of piperidine rings is 1. The van der Waals surface area contributed by atoms with Crippen molar-refractivity contribution in [3.63, 3.8) is 0 Å². The monoisotopic (exact) mass is 250 g/mol. The fourth-order valence-corrected chi connectivity index (χ4v) is 2.58. The summed E-state index contributed by atoms with van der Waals surface area (Å²) in [6.45, 7) is 4.78. The first-order chi connectivity index (χ1) is 8.52. The molecule has 1 aliphatic rings. The van der Waals surface area contributed by atoms with Crippen LogP contribution in [0.5, 0.6) is 5.75 Å². The van der Waals surface area contributed by atoms with E-state index in [1.165, 1.54) is 0 Å². The van der Waals surface area contributed by atoms with E-state index in [0.29, 0.717) is 11.4 Å². The molecule has 0 saturated carbocycles. The molecule has 4 nitrogen and oxygen atoms in total. The fourth-order valence-electron chi connectivity index (χ4n) is 2.58. The van der Waals surface area contributed by atoms with Gasteiger partial charge >= 0.3 is 0 Å². The Bertz CT molecular complexity index is 422. The summed E-state index contributed by atoms with van der Waals surface area (Å²) < 4.78 is 5.57. The van der Waals surface area contributed by atoms with Crippen molar-refractivity contribution in [3.05, 3.63) is 23.8 Å². The summed E-state index contributed by atoms with van der Waals surface area (Å²) in [6.07, 6.45) is 2.20. The third-order valence-electron chi connectivity index (χ3n) is 3.73. The highest BCUT2D eigenvalue weighted by Gasteiger charge is 2.30. The fraction of sp³-hybridized carbons (Fsp3) is 0.571. The number of methoxy groups -OCH3 is 1. The smallest absolute Gasteiger partial charge is 0.120 e. The Morgan fingerprint density at radius 2 is 2.28 bits per heavy atom. The molecule has 100 valence electrons. The van der Waals surface area contributed by atoms with Gasteiger partial charge in [0.2, 0.25) is 0 Å². The lowest BCUT2D eigenvalue weighted by Gasteiger charge is -2.39. The molecule has 0 bridgehead atoms. The summed E-state index contributed by atoms with van der Waals surface area (Å²) in [4.78, 5) is 2.31. The van der Waals surface area contributed by atoms with E-state index in [1.54, 1.807) is 19.2 Å². The quantitative estimate of drug-likeness (QED) is 0.636. The number of ether oxygens (including phenoxy) is 1. The maximum absolute atomic E-state index is 9.84. The molecule has 1 aromatic rings. The molecule has 1 atom stereocenters. The maximum atomic E-state index is 9.84. The predicted octanol–water partition coefficient (Wildman–Crippen LogP) is 1.98. The molecule has 1 saturated heterocycles. The second-order valence-corrected chi connectivity index (χ2v) is 5.36. The zero-order valence-corrected chi connectivity index (χ0v) is 11.1. The number of hydrogen-bond acceptors (Lipinski definition) is 4. The SMILES string of the molecule is COC1(C)CCCN(Cc2cc(N)ccc2O)C1. The summed E-state index contributed by atoms with van der Waals surface area (Å²) in [5.74, 6) is 0.314. The van der Waals surface area contributed by atoms with E-state index < -0.39 is 0 Å². The van der Waals surface area contributed by atoms with Crippen molar-refractivity contribution in [1.29, 1.82) is 0 Å². The highest BCUT2D eigenvalue weighted by atomic mass is 16.5. The van der Waals surface area contributed by atoms with Crippen LogP contribution in [0.1, 0.15) is 25.3 Å². The highest BCUT2D eigenvalue weighted by molar-refractivity contribution is 5.47. The van der Waals surface area contributed by atoms with Crippen LogP contribution in [0.25, 0.3) is 0 Å². The zero-order chi connectivity index (χ0) is 13.2. The van der Waals surface area contributed by atoms with Crippen LogP contribution in [0.4, 0.5) is 5.69 Å². The molecule has 1 fully saturated rings. The van der Waals surface area contributed by atoms with Crippen LogP contribution in [0.15, 0.2) is 18.2 Å². The van der Waals surface area contributed by atoms with Gasteiger partial charge in [0.25, 0.3) is 0 Å². The van der Waals surface area contributed by atoms with E-state index in [2.05, 4.69) is 11.8 Å². The van der Waals surface area contributed by atoms with Crippen molar-refractivity contribution in [2.45, 2.75) is 31.9 Å². The molecule has 18 heavy (non-hydrogen) atoms. The second-order valence-electron chi connectivity index (χ2n) is 5.36. The molecule has 0 radical (unpaired) electrons. The van der Waals surface area contributed by atoms with Crippen LogP contribution >= 0.6 is 0 Å². The zero-order valence-electron chi connectivity index (χ0n) is 11.1. The number of phenols is 1. The first kappa shape index (κ1) is 13.2. The molecule has 2 rings (SSSR count). The Kier molecular flexibility index (Phi) is 3.78. The van der Waals surface area contributed by atoms with Crippen molar-refractivity contribution in [2.24, 2.45) is 0 Å². The Hall–Kier alpha value is -1.26. The largest absolute Gasteiger partial charge is 0.508 e. The minimum Gasteiger partial charge on any atom is -0.508 e. The Labute approximate surface area is 108 Å². The van der Waals surface area contributed by atoms with E-state index >= 15 is 0 Å². The van der Waals surface area contributed by atoms with Gasteiger partial charge in [-0.2, -0.15) is 0 Å². The number of nitrogens with zero attached hydrogens (tertiary/aromatic N) is 1. The number of benzene rings is 1. The Morgan fingerprint density at radius 1 is 1.50 bits per heavy atom. The van der Waals surface area contributed by atoms with E-state index in [1.807, 2.05) is 6.07 Å². The lowest BCUT2D eigenvalue weighted by molar-refractivity contribution is -0.0528. The summed E-state index contributed by atoms with van der Waals surface area (Å²) in [6, 6.07) is 5.21. The van der Waals surface area contributed by atoms with Gasteiger partial charge < -0.3 is 15.6 Å². The number of nitrogen functional groups attached to an aromatic ring is 1. The highest BCUT2D eigenvalue weighted by Crippen LogP contribution is 2.27. The molecule has 0 aliphatic carbocycles. The molecule has 1 aliphatic heterocycles. The molecular formula is C14H22N2O2. The molecule has 0 aromatic heterocycles. The standard InChI is InChI=1S/C14H22N2O2/c1-14(18-2)6-3-7-16(10-14)9-11-8-12(15)4-5-13(11)17/h4-5,8,17H,3,6-7,9-10,15H2,1-2H3. The van der Waals surface area contributed by atoms with Crippen molar-refractivity contribution in [3.8, 4) is 5.75 Å². The van der Waals surface area contributed by atoms with Crippen LogP contribution in [-0.2, 0) is 11.3 Å². The predicted molar refractivity (Wildman–Crippen MR) is 72.4 cm³/mol. The van der Waals surface area contributed by atoms with Gasteiger partial charge in [0.1, 0.15) is 5.75 Å². The van der Waals surface area contributed by atoms with Crippen molar-refractivity contribution >= 4 is 5.69 Å². The normalized spacial score (nSPS) is 25.2. The van der Waals surface area contributed by atoms with Gasteiger partial charge in [-0.05, 0) is 44.5 Å². The van der Waals surface area contributed by atoms with Gasteiger partial charge in [-0.1, -0.05) is 0 Å². The minimum atomic E-state index is -0.0752. The Balaban J connectivity index is 2.07. The Morgan fingerprint density at radius 3 is 3.00 bits per heavy atom. The third kappa shape index (κ3) is 2.94. The van der Waals surface area contributed by atoms with E-state index in [0.717, 1.165) is 38.0 Å². The summed E-state index contributed by atoms with van der Waals surface area (Å²) >= 11 is 0. The number of anilines is 1. The van der Waals surface area contributed by atoms with Crippen molar-refractivity contribution < 1.29 is 9.84 Å². The molecule has 1 aromatic carbocycles. The van der Waals surface area contributed by atoms with Crippen LogP contribution in [0.2, 0.25) is 0 Å². The summed E-state index contributed by atoms with van der Waals surface area (Å²) in [5.41, 5.74) is 7.26. The van der Waals surface area contributed by atoms with Crippen LogP contribution in [-0.4, -0.2) is 35.8 Å². The first-order valence-corrected chi connectivity index (χ1v) is 6.37. The summed E-state index contributed by atoms with van der Waals surface area (Å²) in [5, 5.41) is 9.84. The summed E-state index contributed by atoms with van der Waals surface area (Å²) in [7, 11) is 1.77. The van der Waals surface area contributed by atoms with Crippen molar-refractivity contribution in [2.75, 3.05) is 25.9 Å². The maximum Gasteiger partial charge on any atom is 0.120 e. The number of nitrogens with two attached hydrogens (primary N) is 1. The molecule has 0 spiro atoms. The average Bonchev–Trinajstić information content (AvgIpc) is 2.34. The van der Waals surface area contributed by atoms with Gasteiger partial charge in [-0.3, -0.25) is 4.90 Å². The van der Waals surface area contributed by atoms with E-state index in [-0.39, 0.29) is 5.60 Å². The van der Waals surface area contributed by atoms with Gasteiger partial charge in [0.05, 0.1) is 5.60 Å². The molecule has 0 amide bonds. The minimum absolute atomic E-state index is 0.0752. The number of rotatable bonds is 3. The van der Waals surface area contributed by atoms with Gasteiger partial charge in [0, 0.05) is 31.5 Å². The third-order valence-corrected chi connectivity index (χ3v) is 3.73. The van der Waals surface area contributed by atoms with Crippen LogP contribution in [0, 0.1) is 0 Å². The molecule has 1 heterocycles. The van der Waals surface area contributed by atoms with E-state index in [4.69, 9.17) is 10.5 Å². The number of hydrogen-bond donors (Lipinski definition) is 2. The van der Waals surface area contributed by atoms with E-state index in [9.17, 15) is 5.11 Å². The lowest BCUT2D eigenvalue weighted by Crippen LogP contribution is -2.46. The topological polar surface area (TPSA) is 58.7 Å². The van der Waals surface area contributed by atoms with Crippen molar-refractivity contribution in [1.82, 2.24) is 4.90 Å². The molecular weight excluding hydrogens is 228 g/mol. The number of aromatic hydroxyl groups is 1. The van der Waals surface area contributed by atoms with Crippen LogP contribution in [0.3, 0.4) is 0 Å². The lowest BCUT2D eigenvalue weighted by atomic mass is 9.94. The van der Waals surface area contributed by atoms with Crippen LogP contribution < -0.4 is 5.73 Å². The van der Waals surface area contributed by atoms with Gasteiger partial charge in [-0.25, -0.2) is 0 Å². The van der Waals surface area contributed by atoms with Gasteiger partial charge in [0.15, 0.2) is 0 Å². The average molecular weight is 250 g/mol. The molecule has 1 unspecified atom stereocenters. The first-order valence-electron chi connectivity index (χ1n) is 6.37. The van der Waals surface area contributed by atoms with Gasteiger partial charge in [-0.15, -0.1) is 0 Å². The number of likely N-dealkylation sites (tertiary alicyclic amines) is 1. The number of phenolic OH excluding ortho intramolecular Hbond substituents is 1.